The van der Waals surface area contributed by atoms with E-state index >= 15 is 0 Å². The van der Waals surface area contributed by atoms with Gasteiger partial charge in [-0.1, -0.05) is 0 Å². The molecule has 1 aliphatic rings. The first kappa shape index (κ1) is 8.97. The monoisotopic (exact) mass is 241 g/mol. The highest BCUT2D eigenvalue weighted by Gasteiger charge is 2.21. The number of halogens is 1. The Kier molecular flexibility index (Phi) is 2.26. The fourth-order valence-corrected chi connectivity index (χ4v) is 1.99. The van der Waals surface area contributed by atoms with E-state index in [4.69, 9.17) is 0 Å². The summed E-state index contributed by atoms with van der Waals surface area (Å²) in [5.41, 5.74) is 1.32. The second-order valence-corrected chi connectivity index (χ2v) is 4.27. The highest BCUT2D eigenvalue weighted by atomic mass is 79.9. The number of hydrazine groups is 1. The zero-order chi connectivity index (χ0) is 9.42. The van der Waals surface area contributed by atoms with Crippen LogP contribution in [0.15, 0.2) is 16.7 Å². The third kappa shape index (κ3) is 1.56. The Bertz CT molecular complexity index is 325. The molecule has 0 bridgehead atoms. The van der Waals surface area contributed by atoms with E-state index in [1.807, 2.05) is 20.3 Å². The molecule has 0 fully saturated rings. The molecule has 1 aromatic rings. The predicted molar refractivity (Wildman–Crippen MR) is 56.7 cm³/mol. The Labute approximate surface area is 86.5 Å². The molecule has 4 heteroatoms. The molecule has 3 nitrogen and oxygen atoms in total. The van der Waals surface area contributed by atoms with Crippen molar-refractivity contribution in [1.82, 2.24) is 9.99 Å². The summed E-state index contributed by atoms with van der Waals surface area (Å²) in [7, 11) is 4.08. The summed E-state index contributed by atoms with van der Waals surface area (Å²) in [6.45, 7) is 1.03. The van der Waals surface area contributed by atoms with Gasteiger partial charge >= 0.3 is 0 Å². The Morgan fingerprint density at radius 2 is 2.31 bits per heavy atom. The summed E-state index contributed by atoms with van der Waals surface area (Å²) in [5.74, 6) is 1.09. The first-order chi connectivity index (χ1) is 6.18. The van der Waals surface area contributed by atoms with Gasteiger partial charge in [-0.2, -0.15) is 0 Å². The lowest BCUT2D eigenvalue weighted by atomic mass is 10.2. The van der Waals surface area contributed by atoms with Crippen molar-refractivity contribution in [3.05, 3.63) is 22.3 Å². The minimum atomic E-state index is 1.03. The minimum absolute atomic E-state index is 1.03. The molecule has 0 aliphatic carbocycles. The van der Waals surface area contributed by atoms with Crippen LogP contribution in [0, 0.1) is 0 Å². The van der Waals surface area contributed by atoms with Gasteiger partial charge in [0.15, 0.2) is 0 Å². The van der Waals surface area contributed by atoms with Gasteiger partial charge in [-0.3, -0.25) is 5.01 Å². The number of rotatable bonds is 1. The molecule has 0 amide bonds. The molecule has 0 unspecified atom stereocenters. The smallest absolute Gasteiger partial charge is 0.146 e. The Morgan fingerprint density at radius 3 is 3.00 bits per heavy atom. The third-order valence-corrected chi connectivity index (χ3v) is 2.66. The molecule has 0 aromatic carbocycles. The molecule has 0 saturated heterocycles. The van der Waals surface area contributed by atoms with Gasteiger partial charge in [-0.15, -0.1) is 0 Å². The van der Waals surface area contributed by atoms with Gasteiger partial charge in [-0.25, -0.2) is 9.99 Å². The zero-order valence-electron chi connectivity index (χ0n) is 7.79. The highest BCUT2D eigenvalue weighted by Crippen LogP contribution is 2.27. The van der Waals surface area contributed by atoms with E-state index in [9.17, 15) is 0 Å². The number of fused-ring (bicyclic) bond motifs is 1. The summed E-state index contributed by atoms with van der Waals surface area (Å²) in [6.07, 6.45) is 2.93. The lowest BCUT2D eigenvalue weighted by Crippen LogP contribution is -2.35. The molecule has 0 N–H and O–H groups in total. The van der Waals surface area contributed by atoms with Crippen LogP contribution in [-0.4, -0.2) is 30.6 Å². The number of nitrogens with zero attached hydrogens (tertiary/aromatic N) is 3. The van der Waals surface area contributed by atoms with E-state index < -0.39 is 0 Å². The molecule has 70 valence electrons. The molecule has 0 atom stereocenters. The van der Waals surface area contributed by atoms with Crippen molar-refractivity contribution < 1.29 is 0 Å². The summed E-state index contributed by atoms with van der Waals surface area (Å²) in [6, 6.07) is 2.14. The van der Waals surface area contributed by atoms with Crippen molar-refractivity contribution in [2.24, 2.45) is 0 Å². The maximum atomic E-state index is 4.40. The molecular formula is C9H12BrN3. The second kappa shape index (κ2) is 3.27. The van der Waals surface area contributed by atoms with Gasteiger partial charge < -0.3 is 0 Å². The quantitative estimate of drug-likeness (QED) is 0.746. The molecular weight excluding hydrogens is 230 g/mol. The van der Waals surface area contributed by atoms with E-state index in [-0.39, 0.29) is 0 Å². The van der Waals surface area contributed by atoms with Crippen molar-refractivity contribution in [3.63, 3.8) is 0 Å². The van der Waals surface area contributed by atoms with Gasteiger partial charge in [0.1, 0.15) is 5.82 Å². The molecule has 13 heavy (non-hydrogen) atoms. The Balaban J connectivity index is 2.38. The Morgan fingerprint density at radius 1 is 1.54 bits per heavy atom. The van der Waals surface area contributed by atoms with Crippen LogP contribution in [0.3, 0.4) is 0 Å². The highest BCUT2D eigenvalue weighted by molar-refractivity contribution is 9.10. The number of pyridine rings is 1. The maximum Gasteiger partial charge on any atom is 0.146 e. The Hall–Kier alpha value is -0.610. The topological polar surface area (TPSA) is 19.4 Å². The minimum Gasteiger partial charge on any atom is -0.289 e. The van der Waals surface area contributed by atoms with Crippen molar-refractivity contribution >= 4 is 21.7 Å². The van der Waals surface area contributed by atoms with E-state index in [0.29, 0.717) is 0 Å². The fraction of sp³-hybridized carbons (Fsp3) is 0.444. The second-order valence-electron chi connectivity index (χ2n) is 3.36. The van der Waals surface area contributed by atoms with E-state index in [1.165, 1.54) is 5.56 Å². The molecule has 0 saturated carbocycles. The normalized spacial score (nSPS) is 15.2. The van der Waals surface area contributed by atoms with Crippen LogP contribution in [0.1, 0.15) is 5.56 Å². The van der Waals surface area contributed by atoms with Gasteiger partial charge in [-0.05, 0) is 34.0 Å². The number of anilines is 1. The summed E-state index contributed by atoms with van der Waals surface area (Å²) >= 11 is 3.43. The molecule has 0 radical (unpaired) electrons. The van der Waals surface area contributed by atoms with Crippen LogP contribution in [-0.2, 0) is 6.42 Å². The SMILES string of the molecule is CN(C)N1CCc2cc(Br)cnc21. The van der Waals surface area contributed by atoms with Crippen molar-refractivity contribution in [3.8, 4) is 0 Å². The zero-order valence-corrected chi connectivity index (χ0v) is 9.37. The van der Waals surface area contributed by atoms with Gasteiger partial charge in [0.25, 0.3) is 0 Å². The fourth-order valence-electron chi connectivity index (χ4n) is 1.61. The van der Waals surface area contributed by atoms with Crippen molar-refractivity contribution in [1.29, 1.82) is 0 Å². The van der Waals surface area contributed by atoms with Crippen LogP contribution in [0.25, 0.3) is 0 Å². The summed E-state index contributed by atoms with van der Waals surface area (Å²) in [5, 5.41) is 4.26. The average Bonchev–Trinajstić information content (AvgIpc) is 2.46. The summed E-state index contributed by atoms with van der Waals surface area (Å²) in [4.78, 5) is 4.40. The lowest BCUT2D eigenvalue weighted by Gasteiger charge is -2.25. The summed E-state index contributed by atoms with van der Waals surface area (Å²) < 4.78 is 1.06. The van der Waals surface area contributed by atoms with Gasteiger partial charge in [0.05, 0.1) is 0 Å². The average molecular weight is 242 g/mol. The van der Waals surface area contributed by atoms with Crippen LogP contribution in [0.4, 0.5) is 5.82 Å². The van der Waals surface area contributed by atoms with E-state index in [1.54, 1.807) is 0 Å². The van der Waals surface area contributed by atoms with Gasteiger partial charge in [0, 0.05) is 31.3 Å². The van der Waals surface area contributed by atoms with Crippen molar-refractivity contribution in [2.45, 2.75) is 6.42 Å². The molecule has 0 spiro atoms. The van der Waals surface area contributed by atoms with Crippen LogP contribution < -0.4 is 5.01 Å². The van der Waals surface area contributed by atoms with E-state index in [2.05, 4.69) is 37.0 Å². The molecule has 2 heterocycles. The molecule has 2 rings (SSSR count). The standard InChI is InChI=1S/C9H12BrN3/c1-12(2)13-4-3-7-5-8(10)6-11-9(7)13/h5-6H,3-4H2,1-2H3. The van der Waals surface area contributed by atoms with Gasteiger partial charge in [0.2, 0.25) is 0 Å². The maximum absolute atomic E-state index is 4.40. The van der Waals surface area contributed by atoms with Crippen LogP contribution in [0.2, 0.25) is 0 Å². The van der Waals surface area contributed by atoms with Crippen LogP contribution in [0.5, 0.6) is 0 Å². The van der Waals surface area contributed by atoms with Crippen LogP contribution >= 0.6 is 15.9 Å². The van der Waals surface area contributed by atoms with Crippen molar-refractivity contribution in [2.75, 3.05) is 25.6 Å². The van der Waals surface area contributed by atoms with E-state index in [0.717, 1.165) is 23.3 Å². The number of hydrogen-bond donors (Lipinski definition) is 0. The largest absolute Gasteiger partial charge is 0.289 e. The molecule has 1 aromatic heterocycles. The lowest BCUT2D eigenvalue weighted by molar-refractivity contribution is 0.378. The molecule has 1 aliphatic heterocycles. The first-order valence-corrected chi connectivity index (χ1v) is 5.07. The predicted octanol–water partition coefficient (Wildman–Crippen LogP) is 1.68. The third-order valence-electron chi connectivity index (χ3n) is 2.23. The number of hydrogen-bond acceptors (Lipinski definition) is 3. The first-order valence-electron chi connectivity index (χ1n) is 4.27. The number of aromatic nitrogens is 1.